The molecule has 0 bridgehead atoms. The molecule has 2 heterocycles. The average molecular weight is 426 g/mol. The first-order chi connectivity index (χ1) is 13.7. The van der Waals surface area contributed by atoms with E-state index >= 15 is 0 Å². The molecule has 1 aromatic heterocycles. The smallest absolute Gasteiger partial charge is 0.422 e. The molecule has 1 atom stereocenters. The summed E-state index contributed by atoms with van der Waals surface area (Å²) in [7, 11) is 0. The zero-order chi connectivity index (χ0) is 21.0. The van der Waals surface area contributed by atoms with E-state index in [9.17, 15) is 22.8 Å². The molecule has 156 valence electrons. The highest BCUT2D eigenvalue weighted by Gasteiger charge is 2.30. The molecule has 9 heteroatoms. The van der Waals surface area contributed by atoms with Gasteiger partial charge in [-0.05, 0) is 43.3 Å². The summed E-state index contributed by atoms with van der Waals surface area (Å²) >= 11 is 1.36. The van der Waals surface area contributed by atoms with Gasteiger partial charge in [-0.25, -0.2) is 0 Å². The summed E-state index contributed by atoms with van der Waals surface area (Å²) in [6, 6.07) is 8.14. The molecule has 1 N–H and O–H groups in total. The number of likely N-dealkylation sites (tertiary alicyclic amines) is 1. The lowest BCUT2D eigenvalue weighted by Crippen LogP contribution is -2.43. The van der Waals surface area contributed by atoms with Crippen LogP contribution in [-0.4, -0.2) is 42.6 Å². The quantitative estimate of drug-likeness (QED) is 0.767. The third kappa shape index (κ3) is 5.50. The number of ether oxygens (including phenoxy) is 1. The standard InChI is InChI=1S/C20H21F3N2O3S/c1-13-15(6-2-7-16(13)28-12-20(21,22)23)24-18(26)14-5-3-9-25(11-14)19(27)17-8-4-10-29-17/h2,4,6-8,10,14H,3,5,9,11-12H2,1H3,(H,24,26). The second-order valence-electron chi connectivity index (χ2n) is 6.89. The van der Waals surface area contributed by atoms with Crippen LogP contribution < -0.4 is 10.1 Å². The summed E-state index contributed by atoms with van der Waals surface area (Å²) < 4.78 is 42.0. The number of thiophene rings is 1. The first-order valence-corrected chi connectivity index (χ1v) is 10.1. The van der Waals surface area contributed by atoms with Crippen molar-refractivity contribution >= 4 is 28.8 Å². The molecule has 1 aliphatic rings. The van der Waals surface area contributed by atoms with Gasteiger partial charge >= 0.3 is 6.18 Å². The molecule has 1 aromatic carbocycles. The predicted octanol–water partition coefficient (Wildman–Crippen LogP) is 4.49. The minimum absolute atomic E-state index is 0.0678. The van der Waals surface area contributed by atoms with Crippen molar-refractivity contribution < 1.29 is 27.5 Å². The van der Waals surface area contributed by atoms with E-state index in [1.165, 1.54) is 23.5 Å². The Morgan fingerprint density at radius 2 is 2.07 bits per heavy atom. The first-order valence-electron chi connectivity index (χ1n) is 9.17. The number of alkyl halides is 3. The zero-order valence-electron chi connectivity index (χ0n) is 15.8. The van der Waals surface area contributed by atoms with Gasteiger partial charge in [0.2, 0.25) is 5.91 Å². The van der Waals surface area contributed by atoms with Crippen LogP contribution in [-0.2, 0) is 4.79 Å². The van der Waals surface area contributed by atoms with Crippen molar-refractivity contribution in [2.45, 2.75) is 25.9 Å². The van der Waals surface area contributed by atoms with E-state index in [1.807, 2.05) is 11.4 Å². The fourth-order valence-corrected chi connectivity index (χ4v) is 3.92. The number of carbonyl (C=O) groups is 2. The second-order valence-corrected chi connectivity index (χ2v) is 7.84. The summed E-state index contributed by atoms with van der Waals surface area (Å²) in [5.74, 6) is -0.661. The minimum Gasteiger partial charge on any atom is -0.484 e. The molecule has 0 saturated carbocycles. The van der Waals surface area contributed by atoms with Gasteiger partial charge in [0.05, 0.1) is 10.8 Å². The van der Waals surface area contributed by atoms with Gasteiger partial charge in [0, 0.05) is 24.3 Å². The summed E-state index contributed by atoms with van der Waals surface area (Å²) in [5, 5.41) is 4.61. The van der Waals surface area contributed by atoms with Crippen molar-refractivity contribution in [2.24, 2.45) is 5.92 Å². The Balaban J connectivity index is 1.64. The van der Waals surface area contributed by atoms with Gasteiger partial charge in [0.15, 0.2) is 6.61 Å². The number of hydrogen-bond donors (Lipinski definition) is 1. The van der Waals surface area contributed by atoms with E-state index in [-0.39, 0.29) is 23.5 Å². The topological polar surface area (TPSA) is 58.6 Å². The first kappa shape index (κ1) is 21.2. The number of amides is 2. The van der Waals surface area contributed by atoms with Gasteiger partial charge in [-0.15, -0.1) is 11.3 Å². The third-order valence-electron chi connectivity index (χ3n) is 4.74. The molecule has 0 aliphatic carbocycles. The Kier molecular flexibility index (Phi) is 6.46. The van der Waals surface area contributed by atoms with Crippen LogP contribution in [0.2, 0.25) is 0 Å². The summed E-state index contributed by atoms with van der Waals surface area (Å²) in [6.07, 6.45) is -3.08. The lowest BCUT2D eigenvalue weighted by molar-refractivity contribution is -0.153. The molecule has 1 saturated heterocycles. The van der Waals surface area contributed by atoms with Crippen molar-refractivity contribution in [3.8, 4) is 5.75 Å². The fraction of sp³-hybridized carbons (Fsp3) is 0.400. The fourth-order valence-electron chi connectivity index (χ4n) is 3.23. The maximum atomic E-state index is 12.7. The highest BCUT2D eigenvalue weighted by Crippen LogP contribution is 2.29. The van der Waals surface area contributed by atoms with Crippen LogP contribution in [0, 0.1) is 12.8 Å². The van der Waals surface area contributed by atoms with Crippen molar-refractivity contribution in [3.63, 3.8) is 0 Å². The van der Waals surface area contributed by atoms with Crippen LogP contribution in [0.5, 0.6) is 5.75 Å². The molecule has 0 spiro atoms. The molecule has 0 radical (unpaired) electrons. The Bertz CT molecular complexity index is 868. The Morgan fingerprint density at radius 3 is 2.76 bits per heavy atom. The van der Waals surface area contributed by atoms with E-state index in [0.29, 0.717) is 42.1 Å². The highest BCUT2D eigenvalue weighted by molar-refractivity contribution is 7.12. The van der Waals surface area contributed by atoms with E-state index in [0.717, 1.165) is 0 Å². The average Bonchev–Trinajstić information content (AvgIpc) is 3.22. The minimum atomic E-state index is -4.44. The van der Waals surface area contributed by atoms with Crippen LogP contribution in [0.3, 0.4) is 0 Å². The monoisotopic (exact) mass is 426 g/mol. The number of rotatable bonds is 5. The molecule has 5 nitrogen and oxygen atoms in total. The lowest BCUT2D eigenvalue weighted by Gasteiger charge is -2.32. The molecule has 3 rings (SSSR count). The van der Waals surface area contributed by atoms with E-state index in [2.05, 4.69) is 5.32 Å². The summed E-state index contributed by atoms with van der Waals surface area (Å²) in [6.45, 7) is 1.11. The van der Waals surface area contributed by atoms with Crippen LogP contribution in [0.4, 0.5) is 18.9 Å². The number of nitrogens with zero attached hydrogens (tertiary/aromatic N) is 1. The molecular weight excluding hydrogens is 405 g/mol. The molecular formula is C20H21F3N2O3S. The van der Waals surface area contributed by atoms with Gasteiger partial charge < -0.3 is 15.0 Å². The van der Waals surface area contributed by atoms with Gasteiger partial charge in [-0.1, -0.05) is 12.1 Å². The van der Waals surface area contributed by atoms with Crippen LogP contribution in [0.1, 0.15) is 28.1 Å². The SMILES string of the molecule is Cc1c(NC(=O)C2CCCN(C(=O)c3cccs3)C2)cccc1OCC(F)(F)F. The van der Waals surface area contributed by atoms with Crippen LogP contribution >= 0.6 is 11.3 Å². The Labute approximate surface area is 170 Å². The summed E-state index contributed by atoms with van der Waals surface area (Å²) in [4.78, 5) is 27.6. The van der Waals surface area contributed by atoms with Gasteiger partial charge in [-0.2, -0.15) is 13.2 Å². The number of hydrogen-bond acceptors (Lipinski definition) is 4. The van der Waals surface area contributed by atoms with Crippen molar-refractivity contribution in [2.75, 3.05) is 25.0 Å². The van der Waals surface area contributed by atoms with Gasteiger partial charge in [0.25, 0.3) is 5.91 Å². The number of piperidine rings is 1. The van der Waals surface area contributed by atoms with Gasteiger partial charge in [0.1, 0.15) is 5.75 Å². The van der Waals surface area contributed by atoms with Crippen molar-refractivity contribution in [1.29, 1.82) is 0 Å². The molecule has 2 aromatic rings. The largest absolute Gasteiger partial charge is 0.484 e. The molecule has 1 fully saturated rings. The highest BCUT2D eigenvalue weighted by atomic mass is 32.1. The molecule has 1 aliphatic heterocycles. The summed E-state index contributed by atoms with van der Waals surface area (Å²) in [5.41, 5.74) is 0.823. The van der Waals surface area contributed by atoms with E-state index < -0.39 is 12.8 Å². The predicted molar refractivity (Wildman–Crippen MR) is 104 cm³/mol. The number of halogens is 3. The van der Waals surface area contributed by atoms with E-state index in [4.69, 9.17) is 4.74 Å². The maximum Gasteiger partial charge on any atom is 0.422 e. The third-order valence-corrected chi connectivity index (χ3v) is 5.60. The number of benzene rings is 1. The van der Waals surface area contributed by atoms with Gasteiger partial charge in [-0.3, -0.25) is 9.59 Å². The Morgan fingerprint density at radius 1 is 1.28 bits per heavy atom. The van der Waals surface area contributed by atoms with Crippen molar-refractivity contribution in [1.82, 2.24) is 4.90 Å². The number of carbonyl (C=O) groups excluding carboxylic acids is 2. The van der Waals surface area contributed by atoms with E-state index in [1.54, 1.807) is 24.0 Å². The van der Waals surface area contributed by atoms with Crippen LogP contribution in [0.25, 0.3) is 0 Å². The Hall–Kier alpha value is -2.55. The van der Waals surface area contributed by atoms with Crippen molar-refractivity contribution in [3.05, 3.63) is 46.2 Å². The number of nitrogens with one attached hydrogen (secondary N) is 1. The second kappa shape index (κ2) is 8.86. The zero-order valence-corrected chi connectivity index (χ0v) is 16.6. The molecule has 29 heavy (non-hydrogen) atoms. The number of anilines is 1. The molecule has 1 unspecified atom stereocenters. The normalized spacial score (nSPS) is 17.1. The maximum absolute atomic E-state index is 12.7. The lowest BCUT2D eigenvalue weighted by atomic mass is 9.96. The molecule has 2 amide bonds. The van der Waals surface area contributed by atoms with Crippen LogP contribution in [0.15, 0.2) is 35.7 Å².